The molecule has 0 radical (unpaired) electrons. The Hall–Kier alpha value is -1.49. The molecule has 0 saturated carbocycles. The Morgan fingerprint density at radius 3 is 2.73 bits per heavy atom. The minimum Gasteiger partial charge on any atom is -0.349 e. The minimum atomic E-state index is -0.191. The second kappa shape index (κ2) is 5.41. The van der Waals surface area contributed by atoms with Crippen molar-refractivity contribution in [3.63, 3.8) is 0 Å². The molecule has 1 heterocycles. The standard InChI is InChI=1S/C10H16N4O/c1-7-4-13-9(5-12-7)6-14-10(15)8(2)11-3/h4-5,8,11H,6H2,1-3H3,(H,14,15). The number of hydrogen-bond acceptors (Lipinski definition) is 4. The van der Waals surface area contributed by atoms with Crippen molar-refractivity contribution in [3.05, 3.63) is 23.8 Å². The molecule has 0 fully saturated rings. The zero-order valence-corrected chi connectivity index (χ0v) is 9.24. The maximum atomic E-state index is 11.4. The molecular formula is C10H16N4O. The van der Waals surface area contributed by atoms with Crippen LogP contribution in [0.5, 0.6) is 0 Å². The normalized spacial score (nSPS) is 12.2. The van der Waals surface area contributed by atoms with Gasteiger partial charge >= 0.3 is 0 Å². The first-order valence-corrected chi connectivity index (χ1v) is 4.86. The number of carbonyl (C=O) groups excluding carboxylic acids is 1. The Balaban J connectivity index is 2.43. The maximum absolute atomic E-state index is 11.4. The molecule has 1 amide bonds. The number of amides is 1. The van der Waals surface area contributed by atoms with Crippen molar-refractivity contribution in [1.82, 2.24) is 20.6 Å². The molecule has 1 unspecified atom stereocenters. The van der Waals surface area contributed by atoms with E-state index in [1.165, 1.54) is 0 Å². The van der Waals surface area contributed by atoms with E-state index in [0.717, 1.165) is 11.4 Å². The number of rotatable bonds is 4. The van der Waals surface area contributed by atoms with Crippen LogP contribution in [0.3, 0.4) is 0 Å². The summed E-state index contributed by atoms with van der Waals surface area (Å²) in [5.74, 6) is -0.0418. The molecule has 1 rings (SSSR count). The quantitative estimate of drug-likeness (QED) is 0.731. The van der Waals surface area contributed by atoms with Crippen LogP contribution in [0.15, 0.2) is 12.4 Å². The van der Waals surface area contributed by atoms with Crippen molar-refractivity contribution in [2.45, 2.75) is 26.4 Å². The van der Waals surface area contributed by atoms with E-state index in [9.17, 15) is 4.79 Å². The second-order valence-electron chi connectivity index (χ2n) is 3.38. The van der Waals surface area contributed by atoms with Gasteiger partial charge in [-0.15, -0.1) is 0 Å². The molecule has 0 saturated heterocycles. The zero-order valence-electron chi connectivity index (χ0n) is 9.24. The van der Waals surface area contributed by atoms with Gasteiger partial charge in [-0.1, -0.05) is 0 Å². The third kappa shape index (κ3) is 3.63. The van der Waals surface area contributed by atoms with E-state index in [0.29, 0.717) is 6.54 Å². The topological polar surface area (TPSA) is 66.9 Å². The first-order chi connectivity index (χ1) is 7.13. The molecule has 0 aromatic carbocycles. The van der Waals surface area contributed by atoms with Gasteiger partial charge in [-0.3, -0.25) is 14.8 Å². The average Bonchev–Trinajstić information content (AvgIpc) is 2.26. The van der Waals surface area contributed by atoms with Crippen LogP contribution in [0.1, 0.15) is 18.3 Å². The van der Waals surface area contributed by atoms with E-state index in [4.69, 9.17) is 0 Å². The summed E-state index contributed by atoms with van der Waals surface area (Å²) in [6.45, 7) is 4.09. The van der Waals surface area contributed by atoms with Gasteiger partial charge in [-0.25, -0.2) is 0 Å². The Labute approximate surface area is 89.3 Å². The van der Waals surface area contributed by atoms with Crippen molar-refractivity contribution in [3.8, 4) is 0 Å². The van der Waals surface area contributed by atoms with Gasteiger partial charge in [0.2, 0.25) is 5.91 Å². The molecule has 5 nitrogen and oxygen atoms in total. The summed E-state index contributed by atoms with van der Waals surface area (Å²) in [5, 5.41) is 5.63. The second-order valence-corrected chi connectivity index (χ2v) is 3.38. The van der Waals surface area contributed by atoms with Gasteiger partial charge in [0.15, 0.2) is 0 Å². The largest absolute Gasteiger partial charge is 0.349 e. The number of hydrogen-bond donors (Lipinski definition) is 2. The molecule has 0 spiro atoms. The highest BCUT2D eigenvalue weighted by molar-refractivity contribution is 5.81. The number of likely N-dealkylation sites (N-methyl/N-ethyl adjacent to an activating group) is 1. The third-order valence-electron chi connectivity index (χ3n) is 2.10. The Bertz CT molecular complexity index is 323. The van der Waals surface area contributed by atoms with Crippen molar-refractivity contribution < 1.29 is 4.79 Å². The van der Waals surface area contributed by atoms with Gasteiger partial charge in [0.05, 0.1) is 30.2 Å². The fraction of sp³-hybridized carbons (Fsp3) is 0.500. The first kappa shape index (κ1) is 11.6. The predicted molar refractivity (Wildman–Crippen MR) is 57.1 cm³/mol. The Morgan fingerprint density at radius 1 is 1.47 bits per heavy atom. The van der Waals surface area contributed by atoms with Gasteiger partial charge in [0.1, 0.15) is 0 Å². The molecule has 1 atom stereocenters. The fourth-order valence-corrected chi connectivity index (χ4v) is 0.972. The van der Waals surface area contributed by atoms with Crippen LogP contribution < -0.4 is 10.6 Å². The van der Waals surface area contributed by atoms with Gasteiger partial charge in [-0.05, 0) is 20.9 Å². The zero-order chi connectivity index (χ0) is 11.3. The predicted octanol–water partition coefficient (Wildman–Crippen LogP) is 0.00912. The van der Waals surface area contributed by atoms with E-state index in [-0.39, 0.29) is 11.9 Å². The van der Waals surface area contributed by atoms with Crippen LogP contribution in [0.4, 0.5) is 0 Å². The number of nitrogens with zero attached hydrogens (tertiary/aromatic N) is 2. The van der Waals surface area contributed by atoms with Crippen molar-refractivity contribution in [2.75, 3.05) is 7.05 Å². The molecule has 0 aliphatic rings. The Morgan fingerprint density at radius 2 is 2.20 bits per heavy atom. The summed E-state index contributed by atoms with van der Waals surface area (Å²) in [6.07, 6.45) is 3.35. The third-order valence-corrected chi connectivity index (χ3v) is 2.10. The smallest absolute Gasteiger partial charge is 0.237 e. The molecule has 0 aliphatic heterocycles. The summed E-state index contributed by atoms with van der Waals surface area (Å²) in [6, 6.07) is -0.191. The summed E-state index contributed by atoms with van der Waals surface area (Å²) in [7, 11) is 1.75. The number of carbonyl (C=O) groups is 1. The van der Waals surface area contributed by atoms with E-state index in [1.54, 1.807) is 26.4 Å². The average molecular weight is 208 g/mol. The summed E-state index contributed by atoms with van der Waals surface area (Å²) < 4.78 is 0. The monoisotopic (exact) mass is 208 g/mol. The highest BCUT2D eigenvalue weighted by atomic mass is 16.2. The van der Waals surface area contributed by atoms with E-state index in [1.807, 2.05) is 6.92 Å². The lowest BCUT2D eigenvalue weighted by molar-refractivity contribution is -0.122. The van der Waals surface area contributed by atoms with Gasteiger partial charge in [0.25, 0.3) is 0 Å². The van der Waals surface area contributed by atoms with Crippen molar-refractivity contribution in [2.24, 2.45) is 0 Å². The fourth-order valence-electron chi connectivity index (χ4n) is 0.972. The number of aryl methyl sites for hydroxylation is 1. The molecule has 5 heteroatoms. The van der Waals surface area contributed by atoms with Gasteiger partial charge in [0, 0.05) is 6.20 Å². The van der Waals surface area contributed by atoms with Crippen LogP contribution in [0.2, 0.25) is 0 Å². The van der Waals surface area contributed by atoms with Crippen molar-refractivity contribution in [1.29, 1.82) is 0 Å². The summed E-state index contributed by atoms with van der Waals surface area (Å²) in [4.78, 5) is 19.6. The molecule has 15 heavy (non-hydrogen) atoms. The van der Waals surface area contributed by atoms with Crippen LogP contribution in [0.25, 0.3) is 0 Å². The minimum absolute atomic E-state index is 0.0418. The maximum Gasteiger partial charge on any atom is 0.237 e. The number of nitrogens with one attached hydrogen (secondary N) is 2. The Kier molecular flexibility index (Phi) is 4.17. The SMILES string of the molecule is CNC(C)C(=O)NCc1cnc(C)cn1. The highest BCUT2D eigenvalue weighted by Crippen LogP contribution is 1.93. The van der Waals surface area contributed by atoms with Crippen LogP contribution in [0, 0.1) is 6.92 Å². The van der Waals surface area contributed by atoms with Gasteiger partial charge < -0.3 is 10.6 Å². The van der Waals surface area contributed by atoms with E-state index in [2.05, 4.69) is 20.6 Å². The van der Waals surface area contributed by atoms with E-state index < -0.39 is 0 Å². The lowest BCUT2D eigenvalue weighted by Gasteiger charge is -2.10. The van der Waals surface area contributed by atoms with Crippen LogP contribution in [-0.2, 0) is 11.3 Å². The van der Waals surface area contributed by atoms with Crippen molar-refractivity contribution >= 4 is 5.91 Å². The molecule has 0 bridgehead atoms. The summed E-state index contributed by atoms with van der Waals surface area (Å²) >= 11 is 0. The van der Waals surface area contributed by atoms with Crippen LogP contribution in [-0.4, -0.2) is 29.0 Å². The molecular weight excluding hydrogens is 192 g/mol. The lowest BCUT2D eigenvalue weighted by Crippen LogP contribution is -2.40. The molecule has 0 aliphatic carbocycles. The molecule has 2 N–H and O–H groups in total. The van der Waals surface area contributed by atoms with Gasteiger partial charge in [-0.2, -0.15) is 0 Å². The van der Waals surface area contributed by atoms with Crippen LogP contribution >= 0.6 is 0 Å². The lowest BCUT2D eigenvalue weighted by atomic mass is 10.3. The highest BCUT2D eigenvalue weighted by Gasteiger charge is 2.09. The molecule has 1 aromatic rings. The van der Waals surface area contributed by atoms with E-state index >= 15 is 0 Å². The molecule has 82 valence electrons. The molecule has 1 aromatic heterocycles. The first-order valence-electron chi connectivity index (χ1n) is 4.86. The number of aromatic nitrogens is 2. The summed E-state index contributed by atoms with van der Waals surface area (Å²) in [5.41, 5.74) is 1.63.